The first-order valence-corrected chi connectivity index (χ1v) is 7.64. The number of hydrogen-bond donors (Lipinski definition) is 2. The predicted molar refractivity (Wildman–Crippen MR) is 71.2 cm³/mol. The van der Waals surface area contributed by atoms with Crippen molar-refractivity contribution < 1.29 is 32.3 Å². The summed E-state index contributed by atoms with van der Waals surface area (Å²) in [5.74, 6) is -2.92. The highest BCUT2D eigenvalue weighted by molar-refractivity contribution is 7.89. The quantitative estimate of drug-likeness (QED) is 0.714. The van der Waals surface area contributed by atoms with Gasteiger partial charge in [-0.25, -0.2) is 13.2 Å². The third kappa shape index (κ3) is 4.05. The molecule has 1 rings (SSSR count). The summed E-state index contributed by atoms with van der Waals surface area (Å²) in [6.07, 6.45) is 0.542. The van der Waals surface area contributed by atoms with Gasteiger partial charge in [0.2, 0.25) is 10.9 Å². The Balaban J connectivity index is 3.05. The van der Waals surface area contributed by atoms with Crippen molar-refractivity contribution in [1.29, 1.82) is 0 Å². The second-order valence-corrected chi connectivity index (χ2v) is 6.08. The summed E-state index contributed by atoms with van der Waals surface area (Å²) in [5.41, 5.74) is 0. The van der Waals surface area contributed by atoms with Crippen molar-refractivity contribution in [3.63, 3.8) is 0 Å². The molecule has 0 aliphatic heterocycles. The highest BCUT2D eigenvalue weighted by atomic mass is 32.2. The molecule has 21 heavy (non-hydrogen) atoms. The lowest BCUT2D eigenvalue weighted by atomic mass is 10.0. The average molecular weight is 319 g/mol. The van der Waals surface area contributed by atoms with E-state index in [9.17, 15) is 18.0 Å². The van der Waals surface area contributed by atoms with Crippen molar-refractivity contribution in [2.75, 3.05) is 7.11 Å². The standard InChI is InChI=1S/C12H17NO7S/c1-4-7(2)10(12(16)19-3)13-21(17,18)9-6-5-8(20-9)11(14)15/h5-7,10,13H,4H2,1-3H3,(H,14,15). The van der Waals surface area contributed by atoms with E-state index in [1.54, 1.807) is 13.8 Å². The third-order valence-corrected chi connectivity index (χ3v) is 4.32. The number of carboxylic acids is 1. The minimum absolute atomic E-state index is 0.305. The van der Waals surface area contributed by atoms with Gasteiger partial charge < -0.3 is 14.3 Å². The molecule has 0 radical (unpaired) electrons. The highest BCUT2D eigenvalue weighted by Gasteiger charge is 2.32. The molecule has 1 aromatic rings. The Bertz CT molecular complexity index is 619. The van der Waals surface area contributed by atoms with Crippen molar-refractivity contribution in [3.05, 3.63) is 17.9 Å². The zero-order chi connectivity index (χ0) is 16.2. The minimum atomic E-state index is -4.16. The van der Waals surface area contributed by atoms with Crippen LogP contribution in [-0.2, 0) is 19.6 Å². The maximum absolute atomic E-state index is 12.1. The molecule has 2 unspecified atom stereocenters. The Hall–Kier alpha value is -1.87. The maximum atomic E-state index is 12.1. The van der Waals surface area contributed by atoms with Crippen LogP contribution in [0.2, 0.25) is 0 Å². The van der Waals surface area contributed by atoms with E-state index >= 15 is 0 Å². The first kappa shape index (κ1) is 17.2. The fraction of sp³-hybridized carbons (Fsp3) is 0.500. The van der Waals surface area contributed by atoms with Gasteiger partial charge in [0.25, 0.3) is 10.0 Å². The average Bonchev–Trinajstić information content (AvgIpc) is 2.94. The molecule has 0 fully saturated rings. The van der Waals surface area contributed by atoms with E-state index < -0.39 is 38.9 Å². The van der Waals surface area contributed by atoms with Gasteiger partial charge >= 0.3 is 11.9 Å². The van der Waals surface area contributed by atoms with Crippen LogP contribution in [0, 0.1) is 5.92 Å². The van der Waals surface area contributed by atoms with Crippen LogP contribution in [0.15, 0.2) is 21.6 Å². The molecule has 0 amide bonds. The molecule has 0 saturated carbocycles. The van der Waals surface area contributed by atoms with Gasteiger partial charge in [-0.2, -0.15) is 4.72 Å². The molecule has 1 heterocycles. The lowest BCUT2D eigenvalue weighted by Gasteiger charge is -2.20. The Morgan fingerprint density at radius 1 is 1.43 bits per heavy atom. The molecule has 9 heteroatoms. The molecule has 0 spiro atoms. The summed E-state index contributed by atoms with van der Waals surface area (Å²) < 4.78 is 35.7. The van der Waals surface area contributed by atoms with Crippen LogP contribution in [0.3, 0.4) is 0 Å². The largest absolute Gasteiger partial charge is 0.475 e. The van der Waals surface area contributed by atoms with E-state index in [0.717, 1.165) is 19.2 Å². The number of aromatic carboxylic acids is 1. The van der Waals surface area contributed by atoms with Gasteiger partial charge in [0.15, 0.2) is 0 Å². The van der Waals surface area contributed by atoms with Crippen LogP contribution in [-0.4, -0.2) is 38.6 Å². The van der Waals surface area contributed by atoms with E-state index in [1.165, 1.54) is 0 Å². The number of sulfonamides is 1. The summed E-state index contributed by atoms with van der Waals surface area (Å²) >= 11 is 0. The van der Waals surface area contributed by atoms with Crippen molar-refractivity contribution in [2.45, 2.75) is 31.4 Å². The van der Waals surface area contributed by atoms with Gasteiger partial charge in [-0.05, 0) is 18.1 Å². The van der Waals surface area contributed by atoms with Gasteiger partial charge in [-0.15, -0.1) is 0 Å². The lowest BCUT2D eigenvalue weighted by Crippen LogP contribution is -2.45. The van der Waals surface area contributed by atoms with Gasteiger partial charge in [0, 0.05) is 0 Å². The normalized spacial score (nSPS) is 14.4. The molecule has 8 nitrogen and oxygen atoms in total. The van der Waals surface area contributed by atoms with Crippen LogP contribution in [0.1, 0.15) is 30.8 Å². The van der Waals surface area contributed by atoms with Gasteiger partial charge in [0.05, 0.1) is 7.11 Å². The van der Waals surface area contributed by atoms with E-state index in [-0.39, 0.29) is 5.92 Å². The van der Waals surface area contributed by atoms with Crippen LogP contribution in [0.5, 0.6) is 0 Å². The SMILES string of the molecule is CCC(C)C(NS(=O)(=O)c1ccc(C(=O)O)o1)C(=O)OC. The number of carbonyl (C=O) groups is 2. The topological polar surface area (TPSA) is 123 Å². The zero-order valence-corrected chi connectivity index (χ0v) is 12.6. The number of carbonyl (C=O) groups excluding carboxylic acids is 1. The zero-order valence-electron chi connectivity index (χ0n) is 11.8. The molecule has 2 N–H and O–H groups in total. The molecular formula is C12H17NO7S. The number of rotatable bonds is 7. The number of esters is 1. The molecule has 0 saturated heterocycles. The number of nitrogens with one attached hydrogen (secondary N) is 1. The summed E-state index contributed by atoms with van der Waals surface area (Å²) in [6, 6.07) is 0.952. The highest BCUT2D eigenvalue weighted by Crippen LogP contribution is 2.17. The molecule has 118 valence electrons. The monoisotopic (exact) mass is 319 g/mol. The fourth-order valence-corrected chi connectivity index (χ4v) is 2.79. The number of methoxy groups -OCH3 is 1. The Labute approximate surface area is 122 Å². The lowest BCUT2D eigenvalue weighted by molar-refractivity contribution is -0.143. The van der Waals surface area contributed by atoms with Gasteiger partial charge in [0.1, 0.15) is 6.04 Å². The summed E-state index contributed by atoms with van der Waals surface area (Å²) in [5, 5.41) is 8.14. The van der Waals surface area contributed by atoms with Crippen LogP contribution < -0.4 is 4.72 Å². The Morgan fingerprint density at radius 3 is 2.48 bits per heavy atom. The number of ether oxygens (including phenoxy) is 1. The third-order valence-electron chi connectivity index (χ3n) is 3.01. The van der Waals surface area contributed by atoms with Crippen LogP contribution in [0.25, 0.3) is 0 Å². The predicted octanol–water partition coefficient (Wildman–Crippen LogP) is 0.844. The summed E-state index contributed by atoms with van der Waals surface area (Å²) in [7, 11) is -3.01. The smallest absolute Gasteiger partial charge is 0.371 e. The number of carboxylic acid groups (broad SMARTS) is 1. The molecule has 0 aliphatic carbocycles. The van der Waals surface area contributed by atoms with E-state index in [4.69, 9.17) is 9.52 Å². The Morgan fingerprint density at radius 2 is 2.05 bits per heavy atom. The minimum Gasteiger partial charge on any atom is -0.475 e. The molecule has 0 aliphatic rings. The van der Waals surface area contributed by atoms with E-state index in [0.29, 0.717) is 6.42 Å². The molecule has 0 bridgehead atoms. The van der Waals surface area contributed by atoms with Gasteiger partial charge in [-0.1, -0.05) is 20.3 Å². The van der Waals surface area contributed by atoms with Crippen molar-refractivity contribution >= 4 is 22.0 Å². The van der Waals surface area contributed by atoms with E-state index in [1.807, 2.05) is 0 Å². The Kier molecular flexibility index (Phi) is 5.50. The second kappa shape index (κ2) is 6.72. The van der Waals surface area contributed by atoms with Crippen molar-refractivity contribution in [1.82, 2.24) is 4.72 Å². The van der Waals surface area contributed by atoms with Crippen LogP contribution in [0.4, 0.5) is 0 Å². The van der Waals surface area contributed by atoms with E-state index in [2.05, 4.69) is 9.46 Å². The van der Waals surface area contributed by atoms with Crippen LogP contribution >= 0.6 is 0 Å². The maximum Gasteiger partial charge on any atom is 0.371 e. The van der Waals surface area contributed by atoms with Gasteiger partial charge in [-0.3, -0.25) is 4.79 Å². The van der Waals surface area contributed by atoms with Crippen molar-refractivity contribution in [2.24, 2.45) is 5.92 Å². The summed E-state index contributed by atoms with van der Waals surface area (Å²) in [6.45, 7) is 3.49. The van der Waals surface area contributed by atoms with Crippen molar-refractivity contribution in [3.8, 4) is 0 Å². The molecule has 0 aromatic carbocycles. The summed E-state index contributed by atoms with van der Waals surface area (Å²) in [4.78, 5) is 22.4. The first-order chi connectivity index (χ1) is 9.72. The second-order valence-electron chi connectivity index (χ2n) is 4.43. The molecule has 2 atom stereocenters. The first-order valence-electron chi connectivity index (χ1n) is 6.16. The number of furan rings is 1. The fourth-order valence-electron chi connectivity index (χ4n) is 1.56. The molecule has 1 aromatic heterocycles. The number of hydrogen-bond acceptors (Lipinski definition) is 6. The molecular weight excluding hydrogens is 302 g/mol.